The van der Waals surface area contributed by atoms with E-state index in [-0.39, 0.29) is 5.92 Å². The Kier molecular flexibility index (Phi) is 5.42. The lowest BCUT2D eigenvalue weighted by Gasteiger charge is -2.43. The fourth-order valence-corrected chi connectivity index (χ4v) is 6.27. The highest BCUT2D eigenvalue weighted by Gasteiger charge is 2.50. The van der Waals surface area contributed by atoms with Gasteiger partial charge >= 0.3 is 0 Å². The summed E-state index contributed by atoms with van der Waals surface area (Å²) in [5.74, 6) is 2.83. The van der Waals surface area contributed by atoms with E-state index in [1.54, 1.807) is 5.57 Å². The summed E-state index contributed by atoms with van der Waals surface area (Å²) in [6.45, 7) is 13.6. The Bertz CT molecular complexity index is 595. The lowest BCUT2D eigenvalue weighted by atomic mass is 9.61. The molecule has 0 saturated heterocycles. The second-order valence-corrected chi connectivity index (χ2v) is 9.50. The maximum atomic E-state index is 11.4. The molecule has 1 nitrogen and oxygen atoms in total. The van der Waals surface area contributed by atoms with E-state index in [1.165, 1.54) is 62.4 Å². The van der Waals surface area contributed by atoms with Crippen molar-refractivity contribution >= 4 is 6.29 Å². The molecule has 0 aromatic carbocycles. The molecule has 0 heterocycles. The number of rotatable bonds is 3. The van der Waals surface area contributed by atoms with E-state index in [9.17, 15) is 4.79 Å². The quantitative estimate of drug-likeness (QED) is 0.535. The number of hydrogen-bond acceptors (Lipinski definition) is 1. The van der Waals surface area contributed by atoms with Crippen molar-refractivity contribution in [3.05, 3.63) is 35.5 Å². The van der Waals surface area contributed by atoms with E-state index in [4.69, 9.17) is 0 Å². The topological polar surface area (TPSA) is 17.1 Å². The fraction of sp³-hybridized carbons (Fsp3) is 0.708. The molecule has 0 aromatic rings. The highest BCUT2D eigenvalue weighted by atomic mass is 16.1. The number of aldehydes is 1. The van der Waals surface area contributed by atoms with Crippen molar-refractivity contribution in [3.8, 4) is 0 Å². The van der Waals surface area contributed by atoms with Gasteiger partial charge in [0.05, 0.1) is 0 Å². The van der Waals surface area contributed by atoms with Gasteiger partial charge in [0.15, 0.2) is 0 Å². The number of hydrogen-bond donors (Lipinski definition) is 0. The second-order valence-electron chi connectivity index (χ2n) is 9.50. The summed E-state index contributed by atoms with van der Waals surface area (Å²) < 4.78 is 0. The highest BCUT2D eigenvalue weighted by Crippen LogP contribution is 2.59. The van der Waals surface area contributed by atoms with Crippen molar-refractivity contribution in [2.75, 3.05) is 0 Å². The molecular formula is C24H36O. The first-order valence-electron chi connectivity index (χ1n) is 10.4. The molecule has 25 heavy (non-hydrogen) atoms. The molecule has 1 unspecified atom stereocenters. The smallest absolute Gasteiger partial charge is 0.123 e. The monoisotopic (exact) mass is 340 g/mol. The Morgan fingerprint density at radius 2 is 2.00 bits per heavy atom. The summed E-state index contributed by atoms with van der Waals surface area (Å²) in [7, 11) is 0. The van der Waals surface area contributed by atoms with E-state index < -0.39 is 0 Å². The number of carbonyl (C=O) groups excluding carboxylic acids is 1. The van der Waals surface area contributed by atoms with E-state index in [0.29, 0.717) is 23.2 Å². The van der Waals surface area contributed by atoms with Crippen LogP contribution in [0.2, 0.25) is 0 Å². The summed E-state index contributed by atoms with van der Waals surface area (Å²) in [6.07, 6.45) is 14.8. The zero-order chi connectivity index (χ0) is 18.2. The molecule has 0 aliphatic heterocycles. The van der Waals surface area contributed by atoms with Crippen LogP contribution < -0.4 is 0 Å². The molecule has 3 saturated carbocycles. The molecule has 138 valence electrons. The maximum Gasteiger partial charge on any atom is 0.123 e. The molecule has 3 rings (SSSR count). The van der Waals surface area contributed by atoms with Crippen LogP contribution in [0.3, 0.4) is 0 Å². The summed E-state index contributed by atoms with van der Waals surface area (Å²) in [6, 6.07) is 0. The first-order valence-corrected chi connectivity index (χ1v) is 10.4. The van der Waals surface area contributed by atoms with Gasteiger partial charge in [0.1, 0.15) is 6.29 Å². The molecule has 3 fully saturated rings. The van der Waals surface area contributed by atoms with Crippen LogP contribution >= 0.6 is 0 Å². The fourth-order valence-electron chi connectivity index (χ4n) is 6.27. The van der Waals surface area contributed by atoms with Crippen molar-refractivity contribution in [2.24, 2.45) is 35.0 Å². The number of allylic oxidation sites excluding steroid dienone is 5. The van der Waals surface area contributed by atoms with Crippen LogP contribution in [0.4, 0.5) is 0 Å². The largest absolute Gasteiger partial charge is 0.303 e. The molecule has 3 aliphatic carbocycles. The van der Waals surface area contributed by atoms with E-state index >= 15 is 0 Å². The van der Waals surface area contributed by atoms with Gasteiger partial charge in [-0.3, -0.25) is 0 Å². The predicted octanol–water partition coefficient (Wildman–Crippen LogP) is 6.51. The zero-order valence-corrected chi connectivity index (χ0v) is 16.7. The lowest BCUT2D eigenvalue weighted by molar-refractivity contribution is -0.113. The maximum absolute atomic E-state index is 11.4. The molecule has 3 aliphatic rings. The van der Waals surface area contributed by atoms with Gasteiger partial charge in [-0.25, -0.2) is 0 Å². The highest BCUT2D eigenvalue weighted by molar-refractivity contribution is 5.54. The van der Waals surface area contributed by atoms with E-state index in [0.717, 1.165) is 5.92 Å². The molecule has 0 bridgehead atoms. The molecule has 0 N–H and O–H groups in total. The second kappa shape index (κ2) is 7.25. The molecule has 0 radical (unpaired) electrons. The zero-order valence-electron chi connectivity index (χ0n) is 16.7. The summed E-state index contributed by atoms with van der Waals surface area (Å²) in [5, 5.41) is 0. The summed E-state index contributed by atoms with van der Waals surface area (Å²) in [4.78, 5) is 11.4. The summed E-state index contributed by atoms with van der Waals surface area (Å²) >= 11 is 0. The predicted molar refractivity (Wildman–Crippen MR) is 106 cm³/mol. The molecule has 1 heteroatoms. The van der Waals surface area contributed by atoms with E-state index in [1.807, 2.05) is 0 Å². The third-order valence-electron chi connectivity index (χ3n) is 7.72. The minimum absolute atomic E-state index is 0.201. The van der Waals surface area contributed by atoms with Gasteiger partial charge in [0, 0.05) is 5.92 Å². The van der Waals surface area contributed by atoms with Gasteiger partial charge < -0.3 is 4.79 Å². The number of fused-ring (bicyclic) bond motifs is 1. The molecule has 0 spiro atoms. The van der Waals surface area contributed by atoms with Gasteiger partial charge in [-0.15, -0.1) is 0 Å². The first-order chi connectivity index (χ1) is 11.9. The van der Waals surface area contributed by atoms with Crippen molar-refractivity contribution in [1.29, 1.82) is 0 Å². The normalized spacial score (nSPS) is 43.3. The Morgan fingerprint density at radius 1 is 1.24 bits per heavy atom. The Morgan fingerprint density at radius 3 is 2.72 bits per heavy atom. The average Bonchev–Trinajstić information content (AvgIpc) is 2.93. The van der Waals surface area contributed by atoms with Crippen LogP contribution in [0, 0.1) is 35.0 Å². The Labute approximate surface area is 154 Å². The van der Waals surface area contributed by atoms with Crippen molar-refractivity contribution in [2.45, 2.75) is 72.6 Å². The van der Waals surface area contributed by atoms with Gasteiger partial charge in [-0.2, -0.15) is 0 Å². The van der Waals surface area contributed by atoms with Gasteiger partial charge in [0.25, 0.3) is 0 Å². The van der Waals surface area contributed by atoms with Crippen molar-refractivity contribution < 1.29 is 4.79 Å². The van der Waals surface area contributed by atoms with Gasteiger partial charge in [-0.05, 0) is 85.2 Å². The van der Waals surface area contributed by atoms with Gasteiger partial charge in [-0.1, -0.05) is 52.0 Å². The Balaban J connectivity index is 1.83. The van der Waals surface area contributed by atoms with E-state index in [2.05, 4.69) is 46.4 Å². The minimum atomic E-state index is 0.201. The Hall–Kier alpha value is -1.11. The van der Waals surface area contributed by atoms with Crippen LogP contribution in [-0.2, 0) is 4.79 Å². The molecule has 0 amide bonds. The lowest BCUT2D eigenvalue weighted by Crippen LogP contribution is -2.36. The molecule has 6 atom stereocenters. The van der Waals surface area contributed by atoms with Crippen LogP contribution in [0.25, 0.3) is 0 Å². The standard InChI is InChI=1S/C24H36O/c1-16-13-17(2)19(4)21(14-16)9-8-20-7-6-12-24(5)22(18(3)15-25)10-11-23(20)24/h8-9,15-18,22-23H,4,6-7,10-14H2,1-3,5H3/b20-8+,21-9-/t16-,17-,18+,22?,23-,24+/m0/s1. The first kappa shape index (κ1) is 18.7. The number of carbonyl (C=O) groups is 1. The average molecular weight is 341 g/mol. The van der Waals surface area contributed by atoms with Gasteiger partial charge in [0.2, 0.25) is 0 Å². The van der Waals surface area contributed by atoms with Crippen LogP contribution in [0.1, 0.15) is 72.6 Å². The summed E-state index contributed by atoms with van der Waals surface area (Å²) in [5.41, 5.74) is 4.79. The van der Waals surface area contributed by atoms with Crippen molar-refractivity contribution in [3.63, 3.8) is 0 Å². The van der Waals surface area contributed by atoms with Crippen LogP contribution in [0.15, 0.2) is 35.5 Å². The third kappa shape index (κ3) is 3.44. The van der Waals surface area contributed by atoms with Crippen LogP contribution in [-0.4, -0.2) is 6.29 Å². The minimum Gasteiger partial charge on any atom is -0.303 e. The van der Waals surface area contributed by atoms with Crippen LogP contribution in [0.5, 0.6) is 0 Å². The SMILES string of the molecule is C=C1/C(=C\C=C2/CCC[C@]3(C)C([C@H](C)C=O)CC[C@@H]23)C[C@@H](C)C[C@@H]1C. The van der Waals surface area contributed by atoms with Crippen molar-refractivity contribution in [1.82, 2.24) is 0 Å². The molecular weight excluding hydrogens is 304 g/mol. The third-order valence-corrected chi connectivity index (χ3v) is 7.72. The molecule has 0 aromatic heterocycles.